The van der Waals surface area contributed by atoms with Crippen LogP contribution >= 0.6 is 0 Å². The fourth-order valence-electron chi connectivity index (χ4n) is 2.49. The standard InChI is InChI=1S/C23H32N2O4/c1-4-27-14-15-29-21-10-8-19(9-11-21)25-23(26)17-24-20-6-5-7-22(16-20)28-13-12-18(2)3/h5-11,16,18,24H,4,12-15,17H2,1-3H3,(H,25,26). The van der Waals surface area contributed by atoms with Crippen LogP contribution < -0.4 is 20.1 Å². The molecule has 2 aromatic rings. The molecule has 2 rings (SSSR count). The molecule has 6 heteroatoms. The van der Waals surface area contributed by atoms with Crippen molar-refractivity contribution in [3.8, 4) is 11.5 Å². The summed E-state index contributed by atoms with van der Waals surface area (Å²) in [6.07, 6.45) is 1.01. The van der Waals surface area contributed by atoms with Crippen LogP contribution in [0.3, 0.4) is 0 Å². The van der Waals surface area contributed by atoms with Crippen LogP contribution in [0.2, 0.25) is 0 Å². The third kappa shape index (κ3) is 9.34. The van der Waals surface area contributed by atoms with Gasteiger partial charge in [-0.2, -0.15) is 0 Å². The second-order valence-corrected chi connectivity index (χ2v) is 7.03. The number of carbonyl (C=O) groups is 1. The number of benzene rings is 2. The first-order valence-electron chi connectivity index (χ1n) is 10.1. The van der Waals surface area contributed by atoms with Crippen LogP contribution in [0.1, 0.15) is 27.2 Å². The highest BCUT2D eigenvalue weighted by molar-refractivity contribution is 5.93. The third-order valence-corrected chi connectivity index (χ3v) is 4.09. The molecule has 0 saturated heterocycles. The first-order chi connectivity index (χ1) is 14.1. The Morgan fingerprint density at radius 2 is 1.69 bits per heavy atom. The van der Waals surface area contributed by atoms with Crippen molar-refractivity contribution in [2.75, 3.05) is 43.6 Å². The van der Waals surface area contributed by atoms with Crippen LogP contribution in [-0.2, 0) is 9.53 Å². The lowest BCUT2D eigenvalue weighted by atomic mass is 10.1. The van der Waals surface area contributed by atoms with Gasteiger partial charge in [-0.1, -0.05) is 19.9 Å². The molecule has 29 heavy (non-hydrogen) atoms. The van der Waals surface area contributed by atoms with E-state index in [1.54, 1.807) is 0 Å². The van der Waals surface area contributed by atoms with Crippen LogP contribution in [0.4, 0.5) is 11.4 Å². The van der Waals surface area contributed by atoms with Crippen LogP contribution in [-0.4, -0.2) is 38.9 Å². The second-order valence-electron chi connectivity index (χ2n) is 7.03. The van der Waals surface area contributed by atoms with E-state index in [2.05, 4.69) is 24.5 Å². The SMILES string of the molecule is CCOCCOc1ccc(NC(=O)CNc2cccc(OCCC(C)C)c2)cc1. The molecule has 0 aliphatic heterocycles. The summed E-state index contributed by atoms with van der Waals surface area (Å²) in [6.45, 7) is 8.89. The molecule has 0 aliphatic rings. The minimum Gasteiger partial charge on any atom is -0.494 e. The summed E-state index contributed by atoms with van der Waals surface area (Å²) in [7, 11) is 0. The van der Waals surface area contributed by atoms with Crippen molar-refractivity contribution in [1.29, 1.82) is 0 Å². The highest BCUT2D eigenvalue weighted by atomic mass is 16.5. The van der Waals surface area contributed by atoms with Crippen molar-refractivity contribution in [3.05, 3.63) is 48.5 Å². The maximum Gasteiger partial charge on any atom is 0.243 e. The van der Waals surface area contributed by atoms with E-state index in [1.807, 2.05) is 55.5 Å². The van der Waals surface area contributed by atoms with Crippen LogP contribution in [0.25, 0.3) is 0 Å². The number of ether oxygens (including phenoxy) is 3. The monoisotopic (exact) mass is 400 g/mol. The normalized spacial score (nSPS) is 10.6. The van der Waals surface area contributed by atoms with Gasteiger partial charge in [0.05, 0.1) is 19.8 Å². The summed E-state index contributed by atoms with van der Waals surface area (Å²) < 4.78 is 16.6. The lowest BCUT2D eigenvalue weighted by Gasteiger charge is -2.11. The number of carbonyl (C=O) groups excluding carboxylic acids is 1. The van der Waals surface area contributed by atoms with Crippen molar-refractivity contribution in [2.24, 2.45) is 5.92 Å². The zero-order valence-electron chi connectivity index (χ0n) is 17.6. The predicted molar refractivity (Wildman–Crippen MR) is 117 cm³/mol. The Hall–Kier alpha value is -2.73. The summed E-state index contributed by atoms with van der Waals surface area (Å²) in [6, 6.07) is 14.9. The van der Waals surface area contributed by atoms with Crippen LogP contribution in [0, 0.1) is 5.92 Å². The van der Waals surface area contributed by atoms with Gasteiger partial charge in [0.15, 0.2) is 0 Å². The minimum atomic E-state index is -0.124. The Kier molecular flexibility index (Phi) is 9.86. The Morgan fingerprint density at radius 3 is 2.41 bits per heavy atom. The molecule has 0 bridgehead atoms. The van der Waals surface area contributed by atoms with Gasteiger partial charge < -0.3 is 24.8 Å². The van der Waals surface area contributed by atoms with Gasteiger partial charge in [-0.15, -0.1) is 0 Å². The lowest BCUT2D eigenvalue weighted by molar-refractivity contribution is -0.114. The summed E-state index contributed by atoms with van der Waals surface area (Å²) in [5.74, 6) is 2.03. The average molecular weight is 401 g/mol. The highest BCUT2D eigenvalue weighted by Gasteiger charge is 2.04. The molecular formula is C23H32N2O4. The van der Waals surface area contributed by atoms with Gasteiger partial charge in [-0.05, 0) is 55.7 Å². The van der Waals surface area contributed by atoms with Crippen molar-refractivity contribution in [1.82, 2.24) is 0 Å². The van der Waals surface area contributed by atoms with E-state index in [-0.39, 0.29) is 12.5 Å². The Morgan fingerprint density at radius 1 is 0.931 bits per heavy atom. The molecule has 0 fully saturated rings. The number of nitrogens with one attached hydrogen (secondary N) is 2. The molecule has 6 nitrogen and oxygen atoms in total. The summed E-state index contributed by atoms with van der Waals surface area (Å²) in [5.41, 5.74) is 1.57. The van der Waals surface area contributed by atoms with Crippen molar-refractivity contribution >= 4 is 17.3 Å². The van der Waals surface area contributed by atoms with E-state index < -0.39 is 0 Å². The van der Waals surface area contributed by atoms with Gasteiger partial charge in [-0.25, -0.2) is 0 Å². The molecule has 0 aliphatic carbocycles. The first kappa shape index (κ1) is 22.6. The average Bonchev–Trinajstić information content (AvgIpc) is 2.71. The molecular weight excluding hydrogens is 368 g/mol. The van der Waals surface area contributed by atoms with E-state index >= 15 is 0 Å². The van der Waals surface area contributed by atoms with Gasteiger partial charge in [-0.3, -0.25) is 4.79 Å². The Balaban J connectivity index is 1.74. The third-order valence-electron chi connectivity index (χ3n) is 4.09. The van der Waals surface area contributed by atoms with Gasteiger partial charge in [0.25, 0.3) is 0 Å². The largest absolute Gasteiger partial charge is 0.494 e. The van der Waals surface area contributed by atoms with E-state index in [4.69, 9.17) is 14.2 Å². The number of hydrogen-bond acceptors (Lipinski definition) is 5. The fraction of sp³-hybridized carbons (Fsp3) is 0.435. The maximum absolute atomic E-state index is 12.2. The van der Waals surface area contributed by atoms with E-state index in [9.17, 15) is 4.79 Å². The minimum absolute atomic E-state index is 0.124. The topological polar surface area (TPSA) is 68.8 Å². The van der Waals surface area contributed by atoms with Gasteiger partial charge >= 0.3 is 0 Å². The predicted octanol–water partition coefficient (Wildman–Crippen LogP) is 4.58. The summed E-state index contributed by atoms with van der Waals surface area (Å²) in [4.78, 5) is 12.2. The Bertz CT molecular complexity index is 732. The van der Waals surface area contributed by atoms with E-state index in [0.29, 0.717) is 32.3 Å². The number of hydrogen-bond donors (Lipinski definition) is 2. The highest BCUT2D eigenvalue weighted by Crippen LogP contribution is 2.18. The molecule has 158 valence electrons. The number of anilines is 2. The van der Waals surface area contributed by atoms with E-state index in [0.717, 1.165) is 29.3 Å². The molecule has 0 spiro atoms. The second kappa shape index (κ2) is 12.7. The van der Waals surface area contributed by atoms with Crippen molar-refractivity contribution < 1.29 is 19.0 Å². The summed E-state index contributed by atoms with van der Waals surface area (Å²) in [5, 5.41) is 5.99. The molecule has 2 aromatic carbocycles. The van der Waals surface area contributed by atoms with Gasteiger partial charge in [0.2, 0.25) is 5.91 Å². The van der Waals surface area contributed by atoms with Gasteiger partial charge in [0, 0.05) is 24.0 Å². The molecule has 0 atom stereocenters. The maximum atomic E-state index is 12.2. The zero-order valence-corrected chi connectivity index (χ0v) is 17.6. The fourth-order valence-corrected chi connectivity index (χ4v) is 2.49. The first-order valence-corrected chi connectivity index (χ1v) is 10.1. The molecule has 2 N–H and O–H groups in total. The van der Waals surface area contributed by atoms with Gasteiger partial charge in [0.1, 0.15) is 18.1 Å². The van der Waals surface area contributed by atoms with E-state index in [1.165, 1.54) is 0 Å². The number of amides is 1. The molecule has 0 heterocycles. The molecule has 0 saturated carbocycles. The smallest absolute Gasteiger partial charge is 0.243 e. The molecule has 0 unspecified atom stereocenters. The summed E-state index contributed by atoms with van der Waals surface area (Å²) >= 11 is 0. The number of rotatable bonds is 13. The lowest BCUT2D eigenvalue weighted by Crippen LogP contribution is -2.21. The van der Waals surface area contributed by atoms with Crippen LogP contribution in [0.5, 0.6) is 11.5 Å². The van der Waals surface area contributed by atoms with Crippen molar-refractivity contribution in [3.63, 3.8) is 0 Å². The molecule has 0 aromatic heterocycles. The quantitative estimate of drug-likeness (QED) is 0.482. The van der Waals surface area contributed by atoms with Crippen LogP contribution in [0.15, 0.2) is 48.5 Å². The Labute approximate surface area is 173 Å². The molecule has 0 radical (unpaired) electrons. The zero-order chi connectivity index (χ0) is 20.9. The molecule has 1 amide bonds. The van der Waals surface area contributed by atoms with Crippen molar-refractivity contribution in [2.45, 2.75) is 27.2 Å².